The van der Waals surface area contributed by atoms with E-state index in [1.165, 1.54) is 12.8 Å². The van der Waals surface area contributed by atoms with Crippen LogP contribution >= 0.6 is 0 Å². The molecule has 0 aliphatic rings. The highest BCUT2D eigenvalue weighted by atomic mass is 16.4. The molecule has 76 valence electrons. The maximum atomic E-state index is 10.7. The van der Waals surface area contributed by atoms with Crippen molar-refractivity contribution in [1.82, 2.24) is 0 Å². The van der Waals surface area contributed by atoms with Gasteiger partial charge in [-0.3, -0.25) is 4.79 Å². The molecule has 0 aliphatic heterocycles. The molecule has 0 atom stereocenters. The fraction of sp³-hybridized carbons (Fsp3) is 0.727. The fourth-order valence-electron chi connectivity index (χ4n) is 0.961. The molecule has 0 saturated heterocycles. The first-order valence-electron chi connectivity index (χ1n) is 4.92. The third-order valence-corrected chi connectivity index (χ3v) is 2.06. The summed E-state index contributed by atoms with van der Waals surface area (Å²) < 4.78 is 0. The van der Waals surface area contributed by atoms with E-state index in [-0.39, 0.29) is 0 Å². The summed E-state index contributed by atoms with van der Waals surface area (Å²) in [6.07, 6.45) is 8.33. The van der Waals surface area contributed by atoms with E-state index in [0.717, 1.165) is 12.8 Å². The van der Waals surface area contributed by atoms with Crippen molar-refractivity contribution in [3.8, 4) is 0 Å². The highest BCUT2D eigenvalue weighted by molar-refractivity contribution is 5.75. The number of aliphatic carboxylic acids is 1. The highest BCUT2D eigenvalue weighted by Gasteiger charge is 2.22. The molecule has 0 aliphatic carbocycles. The zero-order valence-electron chi connectivity index (χ0n) is 8.84. The van der Waals surface area contributed by atoms with Crippen LogP contribution in [-0.2, 0) is 4.79 Å². The lowest BCUT2D eigenvalue weighted by Crippen LogP contribution is -2.20. The van der Waals surface area contributed by atoms with Gasteiger partial charge in [-0.05, 0) is 26.7 Å². The Balaban J connectivity index is 3.76. The van der Waals surface area contributed by atoms with Crippen LogP contribution in [0.15, 0.2) is 12.2 Å². The molecule has 0 heterocycles. The first kappa shape index (κ1) is 12.2. The Labute approximate surface area is 80.7 Å². The summed E-state index contributed by atoms with van der Waals surface area (Å²) >= 11 is 0. The van der Waals surface area contributed by atoms with Crippen molar-refractivity contribution in [2.75, 3.05) is 0 Å². The quantitative estimate of drug-likeness (QED) is 0.508. The minimum absolute atomic E-state index is 0.716. The monoisotopic (exact) mass is 184 g/mol. The standard InChI is InChI=1S/C11H20O2/c1-4-5-6-7-8-9-11(2,3)10(12)13/h8-9H,4-7H2,1-3H3,(H,12,13). The van der Waals surface area contributed by atoms with Crippen LogP contribution in [0.3, 0.4) is 0 Å². The van der Waals surface area contributed by atoms with Crippen molar-refractivity contribution >= 4 is 5.97 Å². The van der Waals surface area contributed by atoms with Gasteiger partial charge in [-0.25, -0.2) is 0 Å². The van der Waals surface area contributed by atoms with Gasteiger partial charge in [0.1, 0.15) is 0 Å². The van der Waals surface area contributed by atoms with Gasteiger partial charge >= 0.3 is 5.97 Å². The molecule has 0 fully saturated rings. The summed E-state index contributed by atoms with van der Waals surface area (Å²) in [6, 6.07) is 0. The van der Waals surface area contributed by atoms with E-state index in [0.29, 0.717) is 0 Å². The molecule has 0 aromatic heterocycles. The number of allylic oxidation sites excluding steroid dienone is 1. The Kier molecular flexibility index (Phi) is 5.44. The second-order valence-electron chi connectivity index (χ2n) is 3.92. The largest absolute Gasteiger partial charge is 0.481 e. The Morgan fingerprint density at radius 1 is 1.38 bits per heavy atom. The van der Waals surface area contributed by atoms with Gasteiger partial charge in [0.05, 0.1) is 5.41 Å². The van der Waals surface area contributed by atoms with Crippen LogP contribution in [0.1, 0.15) is 46.5 Å². The number of carboxylic acid groups (broad SMARTS) is 1. The number of carboxylic acids is 1. The van der Waals surface area contributed by atoms with Crippen molar-refractivity contribution in [3.05, 3.63) is 12.2 Å². The lowest BCUT2D eigenvalue weighted by Gasteiger charge is -2.12. The Bertz CT molecular complexity index is 181. The lowest BCUT2D eigenvalue weighted by atomic mass is 9.93. The van der Waals surface area contributed by atoms with Crippen molar-refractivity contribution in [1.29, 1.82) is 0 Å². The zero-order valence-corrected chi connectivity index (χ0v) is 8.84. The summed E-state index contributed by atoms with van der Waals surface area (Å²) in [6.45, 7) is 5.59. The lowest BCUT2D eigenvalue weighted by molar-refractivity contribution is -0.144. The van der Waals surface area contributed by atoms with Crippen LogP contribution in [-0.4, -0.2) is 11.1 Å². The molecule has 13 heavy (non-hydrogen) atoms. The number of carbonyl (C=O) groups is 1. The number of unbranched alkanes of at least 4 members (excludes halogenated alkanes) is 3. The molecular formula is C11H20O2. The summed E-state index contributed by atoms with van der Waals surface area (Å²) in [5.41, 5.74) is -0.716. The van der Waals surface area contributed by atoms with E-state index in [2.05, 4.69) is 6.92 Å². The van der Waals surface area contributed by atoms with Crippen LogP contribution in [0.25, 0.3) is 0 Å². The molecule has 0 radical (unpaired) electrons. The number of hydrogen-bond donors (Lipinski definition) is 1. The Morgan fingerprint density at radius 3 is 2.46 bits per heavy atom. The normalized spacial score (nSPS) is 12.2. The molecule has 0 bridgehead atoms. The van der Waals surface area contributed by atoms with Crippen molar-refractivity contribution in [2.24, 2.45) is 5.41 Å². The number of hydrogen-bond acceptors (Lipinski definition) is 1. The van der Waals surface area contributed by atoms with Gasteiger partial charge in [-0.15, -0.1) is 0 Å². The van der Waals surface area contributed by atoms with Crippen LogP contribution < -0.4 is 0 Å². The van der Waals surface area contributed by atoms with Gasteiger partial charge in [0.15, 0.2) is 0 Å². The molecule has 0 spiro atoms. The zero-order chi connectivity index (χ0) is 10.3. The van der Waals surface area contributed by atoms with Crippen molar-refractivity contribution in [2.45, 2.75) is 46.5 Å². The van der Waals surface area contributed by atoms with Gasteiger partial charge in [0.2, 0.25) is 0 Å². The minimum Gasteiger partial charge on any atom is -0.481 e. The van der Waals surface area contributed by atoms with E-state index in [4.69, 9.17) is 5.11 Å². The first-order chi connectivity index (χ1) is 6.00. The van der Waals surface area contributed by atoms with E-state index in [9.17, 15) is 4.79 Å². The van der Waals surface area contributed by atoms with Gasteiger partial charge < -0.3 is 5.11 Å². The fourth-order valence-corrected chi connectivity index (χ4v) is 0.961. The molecule has 2 heteroatoms. The third-order valence-electron chi connectivity index (χ3n) is 2.06. The maximum absolute atomic E-state index is 10.7. The SMILES string of the molecule is CCCCCC=CC(C)(C)C(=O)O. The second-order valence-corrected chi connectivity index (χ2v) is 3.92. The molecule has 0 aromatic carbocycles. The molecule has 0 rings (SSSR count). The van der Waals surface area contributed by atoms with E-state index in [1.54, 1.807) is 19.9 Å². The van der Waals surface area contributed by atoms with Gasteiger partial charge in [0.25, 0.3) is 0 Å². The molecule has 0 amide bonds. The van der Waals surface area contributed by atoms with Gasteiger partial charge in [-0.1, -0.05) is 31.9 Å². The second kappa shape index (κ2) is 5.79. The third kappa shape index (κ3) is 5.45. The molecule has 0 saturated carbocycles. The van der Waals surface area contributed by atoms with E-state index >= 15 is 0 Å². The van der Waals surface area contributed by atoms with Crippen LogP contribution in [0, 0.1) is 5.41 Å². The van der Waals surface area contributed by atoms with Crippen LogP contribution in [0.4, 0.5) is 0 Å². The van der Waals surface area contributed by atoms with Crippen molar-refractivity contribution < 1.29 is 9.90 Å². The molecule has 1 N–H and O–H groups in total. The van der Waals surface area contributed by atoms with Crippen LogP contribution in [0.5, 0.6) is 0 Å². The maximum Gasteiger partial charge on any atom is 0.312 e. The summed E-state index contributed by atoms with van der Waals surface area (Å²) in [5.74, 6) is -0.765. The van der Waals surface area contributed by atoms with E-state index in [1.807, 2.05) is 6.08 Å². The smallest absolute Gasteiger partial charge is 0.312 e. The minimum atomic E-state index is -0.765. The van der Waals surface area contributed by atoms with Crippen LogP contribution in [0.2, 0.25) is 0 Å². The average molecular weight is 184 g/mol. The molecule has 0 unspecified atom stereocenters. The number of rotatable bonds is 6. The predicted molar refractivity (Wildman–Crippen MR) is 54.7 cm³/mol. The molecular weight excluding hydrogens is 164 g/mol. The predicted octanol–water partition coefficient (Wildman–Crippen LogP) is 3.23. The van der Waals surface area contributed by atoms with Gasteiger partial charge in [-0.2, -0.15) is 0 Å². The molecule has 2 nitrogen and oxygen atoms in total. The summed E-state index contributed by atoms with van der Waals surface area (Å²) in [7, 11) is 0. The highest BCUT2D eigenvalue weighted by Crippen LogP contribution is 2.17. The Hall–Kier alpha value is -0.790. The summed E-state index contributed by atoms with van der Waals surface area (Å²) in [5, 5.41) is 8.79. The summed E-state index contributed by atoms with van der Waals surface area (Å²) in [4.78, 5) is 10.7. The first-order valence-corrected chi connectivity index (χ1v) is 4.92. The van der Waals surface area contributed by atoms with E-state index < -0.39 is 11.4 Å². The van der Waals surface area contributed by atoms with Crippen molar-refractivity contribution in [3.63, 3.8) is 0 Å². The van der Waals surface area contributed by atoms with Gasteiger partial charge in [0, 0.05) is 0 Å². The molecule has 0 aromatic rings. The average Bonchev–Trinajstić information content (AvgIpc) is 2.03. The Morgan fingerprint density at radius 2 is 2.00 bits per heavy atom. The topological polar surface area (TPSA) is 37.3 Å².